The van der Waals surface area contributed by atoms with E-state index in [1.165, 1.54) is 10.8 Å². The molecule has 6 heteroatoms. The highest BCUT2D eigenvalue weighted by Crippen LogP contribution is 2.38. The zero-order chi connectivity index (χ0) is 42.2. The Hall–Kier alpha value is -7.96. The summed E-state index contributed by atoms with van der Waals surface area (Å²) in [5.74, 6) is 3.92. The average molecular weight is 799 g/mol. The molecule has 0 bridgehead atoms. The van der Waals surface area contributed by atoms with Crippen LogP contribution in [0.5, 0.6) is 0 Å². The normalized spacial score (nSPS) is 11.2. The van der Waals surface area contributed by atoms with E-state index in [4.69, 9.17) is 29.9 Å². The lowest BCUT2D eigenvalue weighted by Gasteiger charge is -2.14. The van der Waals surface area contributed by atoms with Gasteiger partial charge < -0.3 is 0 Å². The van der Waals surface area contributed by atoms with Crippen molar-refractivity contribution in [3.8, 4) is 90.6 Å². The quantitative estimate of drug-likeness (QED) is 0.152. The molecule has 2 heterocycles. The molecule has 8 aromatic carbocycles. The highest BCUT2D eigenvalue weighted by molar-refractivity contribution is 6.06. The number of hydrogen-bond donors (Lipinski definition) is 0. The summed E-state index contributed by atoms with van der Waals surface area (Å²) in [6.45, 7) is 8.36. The Bertz CT molecular complexity index is 2940. The molecule has 0 spiro atoms. The number of nitrogens with zero attached hydrogens (tertiary/aromatic N) is 6. The molecule has 2 aromatic heterocycles. The van der Waals surface area contributed by atoms with Crippen molar-refractivity contribution >= 4 is 10.8 Å². The minimum atomic E-state index is 0.636. The summed E-state index contributed by atoms with van der Waals surface area (Å²) < 4.78 is 0. The first-order chi connectivity index (χ1) is 30.4. The molecule has 0 saturated carbocycles. The van der Waals surface area contributed by atoms with Gasteiger partial charge in [0, 0.05) is 33.4 Å². The van der Waals surface area contributed by atoms with E-state index in [1.54, 1.807) is 0 Å². The lowest BCUT2D eigenvalue weighted by Crippen LogP contribution is -2.01. The van der Waals surface area contributed by atoms with Gasteiger partial charge in [0.15, 0.2) is 34.9 Å². The van der Waals surface area contributed by atoms with Gasteiger partial charge in [-0.05, 0) is 83.0 Å². The Kier molecular flexibility index (Phi) is 10.0. The third-order valence-corrected chi connectivity index (χ3v) is 11.6. The molecule has 0 unspecified atom stereocenters. The Morgan fingerprint density at radius 1 is 0.226 bits per heavy atom. The summed E-state index contributed by atoms with van der Waals surface area (Å²) in [4.78, 5) is 30.1. The highest BCUT2D eigenvalue weighted by atomic mass is 15.0. The van der Waals surface area contributed by atoms with Gasteiger partial charge in [0.2, 0.25) is 0 Å². The molecule has 0 aliphatic rings. The van der Waals surface area contributed by atoms with Crippen molar-refractivity contribution in [3.63, 3.8) is 0 Å². The van der Waals surface area contributed by atoms with Crippen LogP contribution in [0.2, 0.25) is 0 Å². The maximum absolute atomic E-state index is 5.04. The summed E-state index contributed by atoms with van der Waals surface area (Å²) in [5.41, 5.74) is 14.8. The third-order valence-electron chi connectivity index (χ3n) is 11.6. The van der Waals surface area contributed by atoms with E-state index in [2.05, 4.69) is 161 Å². The van der Waals surface area contributed by atoms with Gasteiger partial charge in [0.05, 0.1) is 0 Å². The summed E-state index contributed by atoms with van der Waals surface area (Å²) >= 11 is 0. The van der Waals surface area contributed by atoms with Crippen LogP contribution in [0.25, 0.3) is 101 Å². The van der Waals surface area contributed by atoms with E-state index in [1.807, 2.05) is 48.5 Å². The number of benzene rings is 8. The van der Waals surface area contributed by atoms with Crippen LogP contribution in [-0.2, 0) is 0 Å². The van der Waals surface area contributed by atoms with Crippen molar-refractivity contribution in [2.45, 2.75) is 27.7 Å². The van der Waals surface area contributed by atoms with Gasteiger partial charge in [0.1, 0.15) is 0 Å². The molecule has 0 N–H and O–H groups in total. The fourth-order valence-electron chi connectivity index (χ4n) is 8.21. The molecular weight excluding hydrogens is 757 g/mol. The van der Waals surface area contributed by atoms with Gasteiger partial charge >= 0.3 is 0 Å². The Morgan fingerprint density at radius 2 is 0.484 bits per heavy atom. The number of aryl methyl sites for hydroxylation is 4. The second kappa shape index (κ2) is 16.2. The van der Waals surface area contributed by atoms with Crippen LogP contribution in [0.15, 0.2) is 182 Å². The molecule has 10 rings (SSSR count). The highest BCUT2D eigenvalue weighted by Gasteiger charge is 2.18. The van der Waals surface area contributed by atoms with E-state index in [0.29, 0.717) is 34.9 Å². The van der Waals surface area contributed by atoms with Crippen molar-refractivity contribution in [3.05, 3.63) is 204 Å². The maximum atomic E-state index is 5.04. The van der Waals surface area contributed by atoms with E-state index in [9.17, 15) is 0 Å². The molecule has 0 amide bonds. The monoisotopic (exact) mass is 798 g/mol. The number of hydrogen-bond acceptors (Lipinski definition) is 6. The molecule has 0 aliphatic heterocycles. The van der Waals surface area contributed by atoms with E-state index >= 15 is 0 Å². The van der Waals surface area contributed by atoms with Crippen molar-refractivity contribution < 1.29 is 0 Å². The topological polar surface area (TPSA) is 77.3 Å². The fraction of sp³-hybridized carbons (Fsp3) is 0.0714. The zero-order valence-electron chi connectivity index (χ0n) is 35.0. The number of aromatic nitrogens is 6. The lowest BCUT2D eigenvalue weighted by atomic mass is 9.91. The fourth-order valence-corrected chi connectivity index (χ4v) is 8.21. The number of rotatable bonds is 8. The van der Waals surface area contributed by atoms with Crippen LogP contribution in [0.3, 0.4) is 0 Å². The molecular formula is C56H42N6. The van der Waals surface area contributed by atoms with E-state index < -0.39 is 0 Å². The minimum Gasteiger partial charge on any atom is -0.208 e. The minimum absolute atomic E-state index is 0.636. The van der Waals surface area contributed by atoms with Crippen molar-refractivity contribution in [1.82, 2.24) is 29.9 Å². The van der Waals surface area contributed by atoms with Crippen LogP contribution in [0, 0.1) is 27.7 Å². The molecule has 0 radical (unpaired) electrons. The Labute approximate surface area is 361 Å². The summed E-state index contributed by atoms with van der Waals surface area (Å²) in [5, 5.41) is 2.35. The standard InChI is InChI=1S/C56H42N6/c1-35-15-5-9-21-44(35)53-57-51(58-54(61-53)45-22-10-6-16-36(45)2)42-31-27-39(28-32-42)48-25-13-19-41-20-14-26-49(50(41)48)40-29-33-43(34-30-40)52-59-55(46-23-11-7-17-37(46)3)62-56(60-52)47-24-12-8-18-38(47)4/h5-34H,1-4H3. The molecule has 0 saturated heterocycles. The van der Waals surface area contributed by atoms with Crippen LogP contribution in [-0.4, -0.2) is 29.9 Å². The van der Waals surface area contributed by atoms with E-state index in [0.717, 1.165) is 77.9 Å². The first-order valence-electron chi connectivity index (χ1n) is 20.9. The molecule has 0 aliphatic carbocycles. The maximum Gasteiger partial charge on any atom is 0.164 e. The van der Waals surface area contributed by atoms with E-state index in [-0.39, 0.29) is 0 Å². The second-order valence-electron chi connectivity index (χ2n) is 15.7. The molecule has 10 aromatic rings. The zero-order valence-corrected chi connectivity index (χ0v) is 35.0. The predicted molar refractivity (Wildman–Crippen MR) is 253 cm³/mol. The van der Waals surface area contributed by atoms with Crippen molar-refractivity contribution in [2.24, 2.45) is 0 Å². The summed E-state index contributed by atoms with van der Waals surface area (Å²) in [7, 11) is 0. The van der Waals surface area contributed by atoms with Crippen LogP contribution >= 0.6 is 0 Å². The molecule has 296 valence electrons. The van der Waals surface area contributed by atoms with Crippen LogP contribution in [0.4, 0.5) is 0 Å². The molecule has 62 heavy (non-hydrogen) atoms. The van der Waals surface area contributed by atoms with Crippen LogP contribution in [0.1, 0.15) is 22.3 Å². The Balaban J connectivity index is 1.03. The van der Waals surface area contributed by atoms with Crippen molar-refractivity contribution in [1.29, 1.82) is 0 Å². The first-order valence-corrected chi connectivity index (χ1v) is 20.9. The molecule has 6 nitrogen and oxygen atoms in total. The Morgan fingerprint density at radius 3 is 0.790 bits per heavy atom. The van der Waals surface area contributed by atoms with Crippen LogP contribution < -0.4 is 0 Å². The summed E-state index contributed by atoms with van der Waals surface area (Å²) in [6.07, 6.45) is 0. The van der Waals surface area contributed by atoms with Gasteiger partial charge in [-0.25, -0.2) is 29.9 Å². The van der Waals surface area contributed by atoms with Gasteiger partial charge in [0.25, 0.3) is 0 Å². The van der Waals surface area contributed by atoms with Gasteiger partial charge in [-0.2, -0.15) is 0 Å². The number of fused-ring (bicyclic) bond motifs is 1. The smallest absolute Gasteiger partial charge is 0.164 e. The second-order valence-corrected chi connectivity index (χ2v) is 15.7. The third kappa shape index (κ3) is 7.33. The van der Waals surface area contributed by atoms with Gasteiger partial charge in [-0.1, -0.05) is 182 Å². The lowest BCUT2D eigenvalue weighted by molar-refractivity contribution is 1.07. The molecule has 0 atom stereocenters. The molecule has 0 fully saturated rings. The van der Waals surface area contributed by atoms with Gasteiger partial charge in [-0.3, -0.25) is 0 Å². The predicted octanol–water partition coefficient (Wildman–Crippen LogP) is 13.8. The average Bonchev–Trinajstić information content (AvgIpc) is 3.31. The first kappa shape index (κ1) is 38.3. The largest absolute Gasteiger partial charge is 0.208 e. The van der Waals surface area contributed by atoms with Crippen molar-refractivity contribution in [2.75, 3.05) is 0 Å². The summed E-state index contributed by atoms with van der Waals surface area (Å²) in [6, 6.07) is 63.1. The van der Waals surface area contributed by atoms with Gasteiger partial charge in [-0.15, -0.1) is 0 Å². The SMILES string of the molecule is Cc1ccccc1-c1nc(-c2ccc(-c3cccc4cccc(-c5ccc(-c6nc(-c7ccccc7C)nc(-c7ccccc7C)n6)cc5)c34)cc2)nc(-c2ccccc2C)n1.